The van der Waals surface area contributed by atoms with E-state index in [1.807, 2.05) is 0 Å². The summed E-state index contributed by atoms with van der Waals surface area (Å²) in [5.74, 6) is -0.614. The van der Waals surface area contributed by atoms with E-state index in [9.17, 15) is 18.8 Å². The average Bonchev–Trinajstić information content (AvgIpc) is 2.48. The molecule has 4 saturated carbocycles. The zero-order valence-electron chi connectivity index (χ0n) is 15.4. The molecule has 6 heteroatoms. The van der Waals surface area contributed by atoms with Gasteiger partial charge in [0.1, 0.15) is 18.0 Å². The molecule has 0 amide bonds. The number of ketones is 1. The van der Waals surface area contributed by atoms with E-state index in [4.69, 9.17) is 9.47 Å². The Labute approximate surface area is 147 Å². The third-order valence-corrected chi connectivity index (χ3v) is 5.85. The van der Waals surface area contributed by atoms with Gasteiger partial charge in [-0.15, -0.1) is 0 Å². The number of esters is 2. The van der Waals surface area contributed by atoms with Crippen molar-refractivity contribution < 1.29 is 28.2 Å². The van der Waals surface area contributed by atoms with Gasteiger partial charge >= 0.3 is 11.9 Å². The second kappa shape index (κ2) is 5.78. The van der Waals surface area contributed by atoms with Crippen molar-refractivity contribution in [1.29, 1.82) is 0 Å². The third kappa shape index (κ3) is 3.44. The van der Waals surface area contributed by atoms with Gasteiger partial charge in [0.25, 0.3) is 0 Å². The summed E-state index contributed by atoms with van der Waals surface area (Å²) in [6.07, 6.45) is 3.87. The van der Waals surface area contributed by atoms with Gasteiger partial charge in [0.05, 0.1) is 5.41 Å². The lowest BCUT2D eigenvalue weighted by Gasteiger charge is -2.55. The van der Waals surface area contributed by atoms with Crippen LogP contribution in [0.2, 0.25) is 0 Å². The molecule has 0 radical (unpaired) electrons. The quantitative estimate of drug-likeness (QED) is 0.710. The van der Waals surface area contributed by atoms with Crippen molar-refractivity contribution in [2.75, 3.05) is 6.61 Å². The van der Waals surface area contributed by atoms with Crippen LogP contribution >= 0.6 is 0 Å². The number of alkyl halides is 1. The lowest BCUT2D eigenvalue weighted by atomic mass is 9.53. The first-order valence-corrected chi connectivity index (χ1v) is 9.05. The molecule has 4 bridgehead atoms. The van der Waals surface area contributed by atoms with Crippen molar-refractivity contribution in [2.24, 2.45) is 23.2 Å². The van der Waals surface area contributed by atoms with Gasteiger partial charge in [0.2, 0.25) is 5.67 Å². The summed E-state index contributed by atoms with van der Waals surface area (Å²) >= 11 is 0. The molecule has 4 fully saturated rings. The molecule has 0 N–H and O–H groups in total. The van der Waals surface area contributed by atoms with E-state index in [1.54, 1.807) is 13.8 Å². The molecule has 0 heterocycles. The highest BCUT2D eigenvalue weighted by molar-refractivity contribution is 5.86. The topological polar surface area (TPSA) is 69.7 Å². The van der Waals surface area contributed by atoms with Crippen LogP contribution in [0.25, 0.3) is 0 Å². The summed E-state index contributed by atoms with van der Waals surface area (Å²) in [4.78, 5) is 36.5. The van der Waals surface area contributed by atoms with Crippen LogP contribution in [-0.4, -0.2) is 35.6 Å². The number of ether oxygens (including phenoxy) is 2. The van der Waals surface area contributed by atoms with Crippen molar-refractivity contribution >= 4 is 17.7 Å². The lowest BCUT2D eigenvalue weighted by Crippen LogP contribution is -2.57. The van der Waals surface area contributed by atoms with E-state index in [0.29, 0.717) is 24.5 Å². The Kier molecular flexibility index (Phi) is 4.24. The molecule has 0 spiro atoms. The van der Waals surface area contributed by atoms with E-state index in [0.717, 1.165) is 33.1 Å². The zero-order valence-corrected chi connectivity index (χ0v) is 15.4. The maximum absolute atomic E-state index is 13.6. The maximum Gasteiger partial charge on any atom is 0.343 e. The molecule has 140 valence electrons. The molecular formula is C19H27FO5. The molecule has 0 saturated heterocycles. The van der Waals surface area contributed by atoms with Crippen LogP contribution < -0.4 is 0 Å². The number of carbonyl (C=O) groups is 3. The standard InChI is InChI=1S/C19H27FO5/c1-17(2,10-24-16(23)18(3,4)20)15(22)25-19-7-11-5-12(8-19)14(21)13(6-11)9-19/h11-13H,5-10H2,1-4H3. The molecule has 0 aromatic heterocycles. The van der Waals surface area contributed by atoms with Crippen LogP contribution in [0, 0.1) is 23.2 Å². The average molecular weight is 354 g/mol. The molecule has 4 rings (SSSR count). The van der Waals surface area contributed by atoms with Gasteiger partial charge in [-0.25, -0.2) is 9.18 Å². The first-order valence-electron chi connectivity index (χ1n) is 9.05. The Morgan fingerprint density at radius 1 is 1.08 bits per heavy atom. The number of hydrogen-bond acceptors (Lipinski definition) is 5. The van der Waals surface area contributed by atoms with Crippen LogP contribution in [0.4, 0.5) is 4.39 Å². The molecule has 5 nitrogen and oxygen atoms in total. The second-order valence-corrected chi connectivity index (χ2v) is 9.25. The largest absolute Gasteiger partial charge is 0.462 e. The summed E-state index contributed by atoms with van der Waals surface area (Å²) in [7, 11) is 0. The summed E-state index contributed by atoms with van der Waals surface area (Å²) < 4.78 is 24.4. The minimum Gasteiger partial charge on any atom is -0.462 e. The Bertz CT molecular complexity index is 585. The van der Waals surface area contributed by atoms with E-state index in [1.165, 1.54) is 0 Å². The molecular weight excluding hydrogens is 327 g/mol. The SMILES string of the molecule is CC(C)(F)C(=O)OCC(C)(C)C(=O)OC12CC3CC(C1)C(=O)C(C3)C2. The summed E-state index contributed by atoms with van der Waals surface area (Å²) in [5, 5.41) is 0. The molecule has 2 unspecified atom stereocenters. The molecule has 25 heavy (non-hydrogen) atoms. The predicted octanol–water partition coefficient (Wildman–Crippen LogP) is 2.99. The monoisotopic (exact) mass is 354 g/mol. The smallest absolute Gasteiger partial charge is 0.343 e. The Hall–Kier alpha value is -1.46. The highest BCUT2D eigenvalue weighted by Crippen LogP contribution is 2.55. The van der Waals surface area contributed by atoms with Crippen LogP contribution in [0.15, 0.2) is 0 Å². The van der Waals surface area contributed by atoms with Crippen molar-refractivity contribution in [3.05, 3.63) is 0 Å². The van der Waals surface area contributed by atoms with E-state index < -0.39 is 28.6 Å². The van der Waals surface area contributed by atoms with Crippen molar-refractivity contribution in [3.63, 3.8) is 0 Å². The van der Waals surface area contributed by atoms with E-state index in [-0.39, 0.29) is 18.4 Å². The van der Waals surface area contributed by atoms with Gasteiger partial charge in [0, 0.05) is 11.8 Å². The summed E-state index contributed by atoms with van der Waals surface area (Å²) in [5.41, 5.74) is -3.71. The van der Waals surface area contributed by atoms with Gasteiger partial charge < -0.3 is 9.47 Å². The van der Waals surface area contributed by atoms with Crippen molar-refractivity contribution in [1.82, 2.24) is 0 Å². The first-order chi connectivity index (χ1) is 11.4. The highest BCUT2D eigenvalue weighted by atomic mass is 19.1. The highest BCUT2D eigenvalue weighted by Gasteiger charge is 2.57. The fourth-order valence-corrected chi connectivity index (χ4v) is 4.61. The number of rotatable bonds is 5. The van der Waals surface area contributed by atoms with Gasteiger partial charge in [-0.05, 0) is 65.7 Å². The Morgan fingerprint density at radius 2 is 1.64 bits per heavy atom. The number of Topliss-reactive ketones (excluding diaryl/α,β-unsaturated/α-hetero) is 1. The summed E-state index contributed by atoms with van der Waals surface area (Å²) in [6, 6.07) is 0. The van der Waals surface area contributed by atoms with E-state index in [2.05, 4.69) is 0 Å². The number of hydrogen-bond donors (Lipinski definition) is 0. The molecule has 4 aliphatic carbocycles. The van der Waals surface area contributed by atoms with Gasteiger partial charge in [-0.2, -0.15) is 0 Å². The van der Waals surface area contributed by atoms with Crippen molar-refractivity contribution in [3.8, 4) is 0 Å². The minimum absolute atomic E-state index is 0.0207. The fraction of sp³-hybridized carbons (Fsp3) is 0.842. The molecule has 0 aromatic carbocycles. The van der Waals surface area contributed by atoms with E-state index >= 15 is 0 Å². The second-order valence-electron chi connectivity index (χ2n) is 9.25. The number of halogens is 1. The lowest BCUT2D eigenvalue weighted by molar-refractivity contribution is -0.199. The van der Waals surface area contributed by atoms with Crippen molar-refractivity contribution in [2.45, 2.75) is 71.1 Å². The van der Waals surface area contributed by atoms with Gasteiger partial charge in [0.15, 0.2) is 0 Å². The molecule has 0 aliphatic heterocycles. The van der Waals surface area contributed by atoms with Gasteiger partial charge in [-0.1, -0.05) is 0 Å². The van der Waals surface area contributed by atoms with Crippen LogP contribution in [0.3, 0.4) is 0 Å². The first kappa shape index (κ1) is 18.3. The molecule has 4 aliphatic rings. The summed E-state index contributed by atoms with van der Waals surface area (Å²) in [6.45, 7) is 5.25. The minimum atomic E-state index is -2.10. The molecule has 2 atom stereocenters. The number of carbonyl (C=O) groups excluding carboxylic acids is 3. The molecule has 0 aromatic rings. The maximum atomic E-state index is 13.6. The third-order valence-electron chi connectivity index (χ3n) is 5.85. The van der Waals surface area contributed by atoms with Crippen LogP contribution in [0.1, 0.15) is 59.8 Å². The Morgan fingerprint density at radius 3 is 2.16 bits per heavy atom. The predicted molar refractivity (Wildman–Crippen MR) is 87.3 cm³/mol. The fourth-order valence-electron chi connectivity index (χ4n) is 4.61. The Balaban J connectivity index is 1.63. The normalized spacial score (nSPS) is 34.1. The zero-order chi connectivity index (χ0) is 18.6. The van der Waals surface area contributed by atoms with Crippen LogP contribution in [-0.2, 0) is 23.9 Å². The van der Waals surface area contributed by atoms with Gasteiger partial charge in [-0.3, -0.25) is 9.59 Å². The van der Waals surface area contributed by atoms with Crippen LogP contribution in [0.5, 0.6) is 0 Å².